The molecule has 0 aliphatic heterocycles. The minimum absolute atomic E-state index is 0.194. The van der Waals surface area contributed by atoms with Crippen molar-refractivity contribution in [2.45, 2.75) is 0 Å². The number of carbonyl (C=O) groups excluding carboxylic acids is 1. The highest BCUT2D eigenvalue weighted by Gasteiger charge is 2.17. The second-order valence-corrected chi connectivity index (χ2v) is 3.24. The highest BCUT2D eigenvalue weighted by molar-refractivity contribution is 6.01. The van der Waals surface area contributed by atoms with Gasteiger partial charge in [0, 0.05) is 12.1 Å². The lowest BCUT2D eigenvalue weighted by Crippen LogP contribution is -2.16. The standard InChI is InChI=1S/C9H6F3N5O/c10-3-1-4(11)6(5(12)2-3)14-8(18)7-15-9(13)17-16-7/h1-2H,(H,14,18)(H3,13,15,16,17). The number of amides is 1. The van der Waals surface area contributed by atoms with Gasteiger partial charge in [-0.15, -0.1) is 5.10 Å². The number of benzene rings is 1. The van der Waals surface area contributed by atoms with E-state index in [9.17, 15) is 18.0 Å². The van der Waals surface area contributed by atoms with Crippen molar-refractivity contribution < 1.29 is 18.0 Å². The number of carbonyl (C=O) groups is 1. The Kier molecular flexibility index (Phi) is 2.88. The molecule has 9 heteroatoms. The van der Waals surface area contributed by atoms with E-state index in [0.717, 1.165) is 0 Å². The topological polar surface area (TPSA) is 96.7 Å². The van der Waals surface area contributed by atoms with E-state index in [1.807, 2.05) is 5.32 Å². The van der Waals surface area contributed by atoms with Crippen LogP contribution in [0.3, 0.4) is 0 Å². The average molecular weight is 257 g/mol. The number of nitrogens with two attached hydrogens (primary N) is 1. The first-order chi connectivity index (χ1) is 8.47. The summed E-state index contributed by atoms with van der Waals surface area (Å²) in [5.74, 6) is -5.05. The molecule has 1 heterocycles. The Morgan fingerprint density at radius 1 is 1.28 bits per heavy atom. The molecule has 0 aliphatic rings. The van der Waals surface area contributed by atoms with Crippen LogP contribution in [0.4, 0.5) is 24.8 Å². The summed E-state index contributed by atoms with van der Waals surface area (Å²) in [6, 6.07) is 0.876. The number of H-pyrrole nitrogens is 1. The molecular formula is C9H6F3N5O. The molecule has 1 aromatic heterocycles. The normalized spacial score (nSPS) is 10.4. The van der Waals surface area contributed by atoms with Crippen molar-refractivity contribution in [3.8, 4) is 0 Å². The summed E-state index contributed by atoms with van der Waals surface area (Å²) >= 11 is 0. The maximum absolute atomic E-state index is 13.2. The van der Waals surface area contributed by atoms with Gasteiger partial charge in [-0.2, -0.15) is 4.98 Å². The summed E-state index contributed by atoms with van der Waals surface area (Å²) in [7, 11) is 0. The SMILES string of the molecule is Nc1n[nH]c(C(=O)Nc2c(F)cc(F)cc2F)n1. The average Bonchev–Trinajstić information content (AvgIpc) is 2.70. The van der Waals surface area contributed by atoms with Gasteiger partial charge in [0.15, 0.2) is 11.6 Å². The molecule has 0 saturated heterocycles. The zero-order valence-corrected chi connectivity index (χ0v) is 8.67. The Balaban J connectivity index is 2.27. The molecule has 0 unspecified atom stereocenters. The lowest BCUT2D eigenvalue weighted by atomic mass is 10.2. The molecule has 0 aliphatic carbocycles. The largest absolute Gasteiger partial charge is 0.366 e. The van der Waals surface area contributed by atoms with Crippen LogP contribution in [0.1, 0.15) is 10.6 Å². The van der Waals surface area contributed by atoms with Crippen molar-refractivity contribution in [2.24, 2.45) is 0 Å². The molecule has 2 rings (SSSR count). The maximum atomic E-state index is 13.2. The zero-order valence-electron chi connectivity index (χ0n) is 8.67. The number of hydrogen-bond acceptors (Lipinski definition) is 4. The molecular weight excluding hydrogens is 251 g/mol. The number of halogens is 3. The molecule has 0 atom stereocenters. The van der Waals surface area contributed by atoms with E-state index in [0.29, 0.717) is 12.1 Å². The summed E-state index contributed by atoms with van der Waals surface area (Å²) in [5, 5.41) is 7.42. The van der Waals surface area contributed by atoms with Gasteiger partial charge in [0.1, 0.15) is 11.5 Å². The van der Waals surface area contributed by atoms with Gasteiger partial charge in [0.05, 0.1) is 0 Å². The number of nitrogen functional groups attached to an aromatic ring is 1. The van der Waals surface area contributed by atoms with E-state index in [4.69, 9.17) is 5.73 Å². The van der Waals surface area contributed by atoms with Gasteiger partial charge in [-0.25, -0.2) is 13.2 Å². The van der Waals surface area contributed by atoms with Gasteiger partial charge in [-0.3, -0.25) is 9.89 Å². The lowest BCUT2D eigenvalue weighted by Gasteiger charge is -2.05. The molecule has 1 amide bonds. The van der Waals surface area contributed by atoms with Gasteiger partial charge in [-0.05, 0) is 0 Å². The van der Waals surface area contributed by atoms with Crippen LogP contribution >= 0.6 is 0 Å². The Labute approximate surface area is 98.0 Å². The third-order valence-electron chi connectivity index (χ3n) is 1.96. The fraction of sp³-hybridized carbons (Fsp3) is 0. The smallest absolute Gasteiger partial charge is 0.293 e. The minimum atomic E-state index is -1.24. The summed E-state index contributed by atoms with van der Waals surface area (Å²) in [4.78, 5) is 15.0. The minimum Gasteiger partial charge on any atom is -0.366 e. The molecule has 4 N–H and O–H groups in total. The monoisotopic (exact) mass is 257 g/mol. The summed E-state index contributed by atoms with van der Waals surface area (Å²) in [6.45, 7) is 0. The molecule has 1 aromatic carbocycles. The van der Waals surface area contributed by atoms with E-state index >= 15 is 0 Å². The fourth-order valence-electron chi connectivity index (χ4n) is 1.21. The van der Waals surface area contributed by atoms with Crippen molar-refractivity contribution in [1.29, 1.82) is 0 Å². The van der Waals surface area contributed by atoms with Crippen LogP contribution in [-0.2, 0) is 0 Å². The molecule has 0 bridgehead atoms. The molecule has 0 spiro atoms. The van der Waals surface area contributed by atoms with Crippen LogP contribution in [0.15, 0.2) is 12.1 Å². The van der Waals surface area contributed by atoms with Crippen molar-refractivity contribution in [3.05, 3.63) is 35.4 Å². The van der Waals surface area contributed by atoms with E-state index in [2.05, 4.69) is 15.2 Å². The second-order valence-electron chi connectivity index (χ2n) is 3.24. The fourth-order valence-corrected chi connectivity index (χ4v) is 1.21. The Bertz CT molecular complexity index is 589. The van der Waals surface area contributed by atoms with Crippen LogP contribution < -0.4 is 11.1 Å². The summed E-state index contributed by atoms with van der Waals surface area (Å²) in [5.41, 5.74) is 4.38. The first kappa shape index (κ1) is 11.9. The number of nitrogens with one attached hydrogen (secondary N) is 2. The van der Waals surface area contributed by atoms with Gasteiger partial charge in [0.25, 0.3) is 5.91 Å². The van der Waals surface area contributed by atoms with Crippen molar-refractivity contribution in [2.75, 3.05) is 11.1 Å². The Hall–Kier alpha value is -2.58. The van der Waals surface area contributed by atoms with Crippen molar-refractivity contribution in [1.82, 2.24) is 15.2 Å². The van der Waals surface area contributed by atoms with Crippen molar-refractivity contribution >= 4 is 17.5 Å². The van der Waals surface area contributed by atoms with Crippen LogP contribution in [0.5, 0.6) is 0 Å². The number of rotatable bonds is 2. The second kappa shape index (κ2) is 4.35. The van der Waals surface area contributed by atoms with Crippen LogP contribution in [0.2, 0.25) is 0 Å². The Morgan fingerprint density at radius 3 is 2.39 bits per heavy atom. The summed E-state index contributed by atoms with van der Waals surface area (Å²) in [6.07, 6.45) is 0. The first-order valence-electron chi connectivity index (χ1n) is 4.61. The van der Waals surface area contributed by atoms with Crippen LogP contribution in [0.25, 0.3) is 0 Å². The molecule has 6 nitrogen and oxygen atoms in total. The number of anilines is 2. The summed E-state index contributed by atoms with van der Waals surface area (Å²) < 4.78 is 39.1. The lowest BCUT2D eigenvalue weighted by molar-refractivity contribution is 0.101. The predicted octanol–water partition coefficient (Wildman–Crippen LogP) is 1.06. The van der Waals surface area contributed by atoms with Gasteiger partial charge in [0.2, 0.25) is 11.8 Å². The number of hydrogen-bond donors (Lipinski definition) is 3. The van der Waals surface area contributed by atoms with E-state index < -0.39 is 29.0 Å². The van der Waals surface area contributed by atoms with Crippen molar-refractivity contribution in [3.63, 3.8) is 0 Å². The maximum Gasteiger partial charge on any atom is 0.293 e. The Morgan fingerprint density at radius 2 is 1.89 bits per heavy atom. The third-order valence-corrected chi connectivity index (χ3v) is 1.96. The van der Waals surface area contributed by atoms with E-state index in [1.54, 1.807) is 0 Å². The van der Waals surface area contributed by atoms with E-state index in [1.165, 1.54) is 0 Å². The number of aromatic amines is 1. The first-order valence-corrected chi connectivity index (χ1v) is 4.61. The molecule has 2 aromatic rings. The highest BCUT2D eigenvalue weighted by Crippen LogP contribution is 2.20. The molecule has 0 fully saturated rings. The van der Waals surface area contributed by atoms with Gasteiger partial charge >= 0.3 is 0 Å². The molecule has 94 valence electrons. The molecule has 0 radical (unpaired) electrons. The zero-order chi connectivity index (χ0) is 13.3. The van der Waals surface area contributed by atoms with Gasteiger partial charge < -0.3 is 11.1 Å². The highest BCUT2D eigenvalue weighted by atomic mass is 19.1. The molecule has 18 heavy (non-hydrogen) atoms. The quantitative estimate of drug-likeness (QED) is 0.749. The van der Waals surface area contributed by atoms with Crippen LogP contribution in [-0.4, -0.2) is 21.1 Å². The number of aromatic nitrogens is 3. The van der Waals surface area contributed by atoms with E-state index in [-0.39, 0.29) is 11.8 Å². The third kappa shape index (κ3) is 2.24. The van der Waals surface area contributed by atoms with Gasteiger partial charge in [-0.1, -0.05) is 0 Å². The molecule has 0 saturated carbocycles. The van der Waals surface area contributed by atoms with Crippen LogP contribution in [0, 0.1) is 17.5 Å². The number of nitrogens with zero attached hydrogens (tertiary/aromatic N) is 2. The predicted molar refractivity (Wildman–Crippen MR) is 55.1 cm³/mol.